The Morgan fingerprint density at radius 1 is 1.17 bits per heavy atom. The summed E-state index contributed by atoms with van der Waals surface area (Å²) >= 11 is 0. The maximum Gasteiger partial charge on any atom is 0.00227 e. The van der Waals surface area contributed by atoms with E-state index >= 15 is 0 Å². The minimum absolute atomic E-state index is 0.643. The lowest BCUT2D eigenvalue weighted by Gasteiger charge is -2.46. The van der Waals surface area contributed by atoms with Gasteiger partial charge in [-0.25, -0.2) is 0 Å². The SMILES string of the molecule is CC(C)CCC1(C(C)C)CNC1. The van der Waals surface area contributed by atoms with Crippen molar-refractivity contribution < 1.29 is 0 Å². The van der Waals surface area contributed by atoms with Gasteiger partial charge in [0.25, 0.3) is 0 Å². The Morgan fingerprint density at radius 3 is 2.00 bits per heavy atom. The van der Waals surface area contributed by atoms with Crippen LogP contribution < -0.4 is 5.32 Å². The van der Waals surface area contributed by atoms with E-state index in [9.17, 15) is 0 Å². The summed E-state index contributed by atoms with van der Waals surface area (Å²) in [6.45, 7) is 11.9. The van der Waals surface area contributed by atoms with Crippen molar-refractivity contribution >= 4 is 0 Å². The number of hydrogen-bond donors (Lipinski definition) is 1. The highest BCUT2D eigenvalue weighted by atomic mass is 15.0. The van der Waals surface area contributed by atoms with Crippen LogP contribution in [0.1, 0.15) is 40.5 Å². The molecule has 1 heteroatoms. The van der Waals surface area contributed by atoms with E-state index in [1.54, 1.807) is 0 Å². The van der Waals surface area contributed by atoms with E-state index < -0.39 is 0 Å². The van der Waals surface area contributed by atoms with Crippen LogP contribution in [0.25, 0.3) is 0 Å². The first kappa shape index (κ1) is 10.0. The molecule has 0 atom stereocenters. The van der Waals surface area contributed by atoms with Crippen molar-refractivity contribution in [1.82, 2.24) is 5.32 Å². The van der Waals surface area contributed by atoms with E-state index in [1.165, 1.54) is 25.9 Å². The Kier molecular flexibility index (Phi) is 3.16. The van der Waals surface area contributed by atoms with Crippen molar-refractivity contribution in [2.45, 2.75) is 40.5 Å². The molecule has 1 fully saturated rings. The molecule has 0 saturated carbocycles. The molecular weight excluding hydrogens is 146 g/mol. The summed E-state index contributed by atoms with van der Waals surface area (Å²) < 4.78 is 0. The first-order valence-electron chi connectivity index (χ1n) is 5.27. The molecule has 1 nitrogen and oxygen atoms in total. The Bertz CT molecular complexity index is 134. The Balaban J connectivity index is 2.35. The van der Waals surface area contributed by atoms with Crippen LogP contribution in [0.15, 0.2) is 0 Å². The lowest BCUT2D eigenvalue weighted by Crippen LogP contribution is -2.56. The quantitative estimate of drug-likeness (QED) is 0.682. The summed E-state index contributed by atoms with van der Waals surface area (Å²) in [5.74, 6) is 1.71. The molecular formula is C11H23N. The van der Waals surface area contributed by atoms with Crippen LogP contribution in [-0.4, -0.2) is 13.1 Å². The van der Waals surface area contributed by atoms with Gasteiger partial charge in [-0.3, -0.25) is 0 Å². The fraction of sp³-hybridized carbons (Fsp3) is 1.00. The standard InChI is InChI=1S/C11H23N/c1-9(2)5-6-11(10(3)4)7-12-8-11/h9-10,12H,5-8H2,1-4H3. The van der Waals surface area contributed by atoms with Crippen LogP contribution in [0.4, 0.5) is 0 Å². The number of nitrogens with one attached hydrogen (secondary N) is 1. The molecule has 1 rings (SSSR count). The van der Waals surface area contributed by atoms with Gasteiger partial charge in [-0.15, -0.1) is 0 Å². The van der Waals surface area contributed by atoms with Gasteiger partial charge in [0, 0.05) is 13.1 Å². The fourth-order valence-electron chi connectivity index (χ4n) is 1.90. The van der Waals surface area contributed by atoms with Gasteiger partial charge in [-0.1, -0.05) is 34.1 Å². The van der Waals surface area contributed by atoms with E-state index in [4.69, 9.17) is 0 Å². The van der Waals surface area contributed by atoms with Crippen LogP contribution in [0.3, 0.4) is 0 Å². The molecule has 0 amide bonds. The van der Waals surface area contributed by atoms with Gasteiger partial charge in [0.2, 0.25) is 0 Å². The van der Waals surface area contributed by atoms with E-state index in [0.717, 1.165) is 11.8 Å². The Labute approximate surface area is 76.9 Å². The van der Waals surface area contributed by atoms with Gasteiger partial charge < -0.3 is 5.32 Å². The zero-order valence-corrected chi connectivity index (χ0v) is 8.98. The smallest absolute Gasteiger partial charge is 0.00227 e. The molecule has 1 aliphatic rings. The zero-order valence-electron chi connectivity index (χ0n) is 8.98. The second-order valence-electron chi connectivity index (χ2n) is 5.05. The van der Waals surface area contributed by atoms with Gasteiger partial charge >= 0.3 is 0 Å². The highest BCUT2D eigenvalue weighted by Gasteiger charge is 2.38. The van der Waals surface area contributed by atoms with Gasteiger partial charge in [0.15, 0.2) is 0 Å². The van der Waals surface area contributed by atoms with Crippen molar-refractivity contribution in [3.63, 3.8) is 0 Å². The summed E-state index contributed by atoms with van der Waals surface area (Å²) in [6.07, 6.45) is 2.80. The summed E-state index contributed by atoms with van der Waals surface area (Å²) in [5.41, 5.74) is 0.643. The fourth-order valence-corrected chi connectivity index (χ4v) is 1.90. The van der Waals surface area contributed by atoms with Crippen molar-refractivity contribution in [1.29, 1.82) is 0 Å². The van der Waals surface area contributed by atoms with Crippen LogP contribution >= 0.6 is 0 Å². The molecule has 0 aromatic heterocycles. The molecule has 72 valence electrons. The molecule has 1 heterocycles. The summed E-state index contributed by atoms with van der Waals surface area (Å²) in [5, 5.41) is 3.41. The molecule has 0 aromatic rings. The third-order valence-electron chi connectivity index (χ3n) is 3.40. The number of rotatable bonds is 4. The maximum absolute atomic E-state index is 3.41. The molecule has 0 aromatic carbocycles. The van der Waals surface area contributed by atoms with E-state index in [2.05, 4.69) is 33.0 Å². The Morgan fingerprint density at radius 2 is 1.75 bits per heavy atom. The van der Waals surface area contributed by atoms with Gasteiger partial charge in [-0.05, 0) is 23.7 Å². The molecule has 0 radical (unpaired) electrons. The average Bonchev–Trinajstić information content (AvgIpc) is 1.83. The third kappa shape index (κ3) is 2.01. The first-order chi connectivity index (χ1) is 5.57. The Hall–Kier alpha value is -0.0400. The number of hydrogen-bond acceptors (Lipinski definition) is 1. The third-order valence-corrected chi connectivity index (χ3v) is 3.40. The lowest BCUT2D eigenvalue weighted by atomic mass is 9.68. The van der Waals surface area contributed by atoms with Crippen LogP contribution in [0.5, 0.6) is 0 Å². The normalized spacial score (nSPS) is 21.5. The maximum atomic E-state index is 3.41. The van der Waals surface area contributed by atoms with Crippen LogP contribution in [0.2, 0.25) is 0 Å². The van der Waals surface area contributed by atoms with Crippen molar-refractivity contribution in [2.24, 2.45) is 17.3 Å². The molecule has 1 aliphatic heterocycles. The highest BCUT2D eigenvalue weighted by Crippen LogP contribution is 2.37. The van der Waals surface area contributed by atoms with Crippen molar-refractivity contribution in [3.8, 4) is 0 Å². The van der Waals surface area contributed by atoms with Gasteiger partial charge in [0.05, 0.1) is 0 Å². The molecule has 0 unspecified atom stereocenters. The molecule has 0 bridgehead atoms. The molecule has 0 aliphatic carbocycles. The molecule has 1 N–H and O–H groups in total. The largest absolute Gasteiger partial charge is 0.316 e. The molecule has 0 spiro atoms. The van der Waals surface area contributed by atoms with E-state index in [1.807, 2.05) is 0 Å². The zero-order chi connectivity index (χ0) is 9.19. The minimum Gasteiger partial charge on any atom is -0.316 e. The first-order valence-corrected chi connectivity index (χ1v) is 5.27. The summed E-state index contributed by atoms with van der Waals surface area (Å²) in [7, 11) is 0. The van der Waals surface area contributed by atoms with Crippen molar-refractivity contribution in [3.05, 3.63) is 0 Å². The van der Waals surface area contributed by atoms with E-state index in [0.29, 0.717) is 5.41 Å². The van der Waals surface area contributed by atoms with Crippen LogP contribution in [0, 0.1) is 17.3 Å². The average molecular weight is 169 g/mol. The van der Waals surface area contributed by atoms with Crippen molar-refractivity contribution in [2.75, 3.05) is 13.1 Å². The highest BCUT2D eigenvalue weighted by molar-refractivity contribution is 4.94. The van der Waals surface area contributed by atoms with Gasteiger partial charge in [-0.2, -0.15) is 0 Å². The summed E-state index contributed by atoms with van der Waals surface area (Å²) in [4.78, 5) is 0. The molecule has 12 heavy (non-hydrogen) atoms. The van der Waals surface area contributed by atoms with Crippen LogP contribution in [-0.2, 0) is 0 Å². The lowest BCUT2D eigenvalue weighted by molar-refractivity contribution is 0.0799. The predicted molar refractivity (Wildman–Crippen MR) is 54.2 cm³/mol. The molecule has 1 saturated heterocycles. The summed E-state index contributed by atoms with van der Waals surface area (Å²) in [6, 6.07) is 0. The van der Waals surface area contributed by atoms with Gasteiger partial charge in [0.1, 0.15) is 0 Å². The minimum atomic E-state index is 0.643. The monoisotopic (exact) mass is 169 g/mol. The second kappa shape index (κ2) is 3.78. The second-order valence-corrected chi connectivity index (χ2v) is 5.05. The topological polar surface area (TPSA) is 12.0 Å². The van der Waals surface area contributed by atoms with E-state index in [-0.39, 0.29) is 0 Å². The predicted octanol–water partition coefficient (Wildman–Crippen LogP) is 2.67.